The second-order valence-corrected chi connectivity index (χ2v) is 2.33. The summed E-state index contributed by atoms with van der Waals surface area (Å²) >= 11 is 0. The molecule has 2 heterocycles. The zero-order chi connectivity index (χ0) is 7.68. The van der Waals surface area contributed by atoms with Crippen LogP contribution in [0.5, 0.6) is 0 Å². The van der Waals surface area contributed by atoms with Crippen LogP contribution in [-0.4, -0.2) is 15.2 Å². The van der Waals surface area contributed by atoms with Crippen molar-refractivity contribution in [3.05, 3.63) is 24.2 Å². The fourth-order valence-electron chi connectivity index (χ4n) is 1.10. The van der Waals surface area contributed by atoms with Gasteiger partial charge in [0.2, 0.25) is 0 Å². The first-order valence-electron chi connectivity index (χ1n) is 3.38. The molecule has 0 bridgehead atoms. The molecule has 0 fully saturated rings. The SMILES string of the molecule is NCc1c[nH]c2cnncc12. The Morgan fingerprint density at radius 1 is 1.36 bits per heavy atom. The highest BCUT2D eigenvalue weighted by Crippen LogP contribution is 2.13. The summed E-state index contributed by atoms with van der Waals surface area (Å²) in [6.07, 6.45) is 5.29. The van der Waals surface area contributed by atoms with Gasteiger partial charge in [-0.3, -0.25) is 0 Å². The van der Waals surface area contributed by atoms with Crippen molar-refractivity contribution in [1.29, 1.82) is 0 Å². The summed E-state index contributed by atoms with van der Waals surface area (Å²) in [6.45, 7) is 0.533. The number of nitrogens with one attached hydrogen (secondary N) is 1. The highest BCUT2D eigenvalue weighted by molar-refractivity contribution is 5.81. The largest absolute Gasteiger partial charge is 0.359 e. The first-order valence-corrected chi connectivity index (χ1v) is 3.38. The predicted octanol–water partition coefficient (Wildman–Crippen LogP) is 0.417. The third-order valence-corrected chi connectivity index (χ3v) is 1.70. The summed E-state index contributed by atoms with van der Waals surface area (Å²) in [5, 5.41) is 8.56. The van der Waals surface area contributed by atoms with Gasteiger partial charge in [0.05, 0.1) is 17.9 Å². The standard InChI is InChI=1S/C7H8N4/c8-1-5-2-9-7-4-11-10-3-6(5)7/h2-4,9H,1,8H2. The molecular formula is C7H8N4. The molecule has 0 aliphatic heterocycles. The molecule has 2 aromatic rings. The third kappa shape index (κ3) is 0.877. The number of rotatable bonds is 1. The molecule has 11 heavy (non-hydrogen) atoms. The van der Waals surface area contributed by atoms with Gasteiger partial charge in [0.15, 0.2) is 0 Å². The fraction of sp³-hybridized carbons (Fsp3) is 0.143. The summed E-state index contributed by atoms with van der Waals surface area (Å²) in [4.78, 5) is 3.06. The Morgan fingerprint density at radius 3 is 3.00 bits per heavy atom. The Hall–Kier alpha value is -1.42. The lowest BCUT2D eigenvalue weighted by Crippen LogP contribution is -1.94. The molecule has 0 spiro atoms. The van der Waals surface area contributed by atoms with Crippen LogP contribution >= 0.6 is 0 Å². The van der Waals surface area contributed by atoms with E-state index in [1.54, 1.807) is 12.4 Å². The first-order chi connectivity index (χ1) is 5.42. The van der Waals surface area contributed by atoms with Gasteiger partial charge >= 0.3 is 0 Å². The molecule has 56 valence electrons. The van der Waals surface area contributed by atoms with Crippen molar-refractivity contribution >= 4 is 10.9 Å². The molecule has 0 saturated heterocycles. The van der Waals surface area contributed by atoms with Gasteiger partial charge < -0.3 is 10.7 Å². The van der Waals surface area contributed by atoms with E-state index in [4.69, 9.17) is 5.73 Å². The minimum atomic E-state index is 0.533. The lowest BCUT2D eigenvalue weighted by molar-refractivity contribution is 1.04. The summed E-state index contributed by atoms with van der Waals surface area (Å²) in [7, 11) is 0. The monoisotopic (exact) mass is 148 g/mol. The minimum Gasteiger partial charge on any atom is -0.359 e. The molecule has 4 heteroatoms. The Labute approximate surface area is 63.4 Å². The Kier molecular flexibility index (Phi) is 1.33. The zero-order valence-corrected chi connectivity index (χ0v) is 5.91. The van der Waals surface area contributed by atoms with Crippen molar-refractivity contribution in [2.75, 3.05) is 0 Å². The summed E-state index contributed by atoms with van der Waals surface area (Å²) in [5.41, 5.74) is 7.56. The Morgan fingerprint density at radius 2 is 2.18 bits per heavy atom. The molecule has 3 N–H and O–H groups in total. The molecule has 2 aromatic heterocycles. The predicted molar refractivity (Wildman–Crippen MR) is 41.8 cm³/mol. The van der Waals surface area contributed by atoms with Crippen LogP contribution in [0.15, 0.2) is 18.6 Å². The summed E-state index contributed by atoms with van der Waals surface area (Å²) in [6, 6.07) is 0. The summed E-state index contributed by atoms with van der Waals surface area (Å²) < 4.78 is 0. The van der Waals surface area contributed by atoms with Crippen LogP contribution in [0, 0.1) is 0 Å². The van der Waals surface area contributed by atoms with Crippen LogP contribution in [0.1, 0.15) is 5.56 Å². The molecule has 4 nitrogen and oxygen atoms in total. The van der Waals surface area contributed by atoms with Crippen LogP contribution < -0.4 is 5.73 Å². The van der Waals surface area contributed by atoms with Gasteiger partial charge in [0.25, 0.3) is 0 Å². The maximum absolute atomic E-state index is 5.49. The molecule has 0 saturated carbocycles. The van der Waals surface area contributed by atoms with Crippen LogP contribution in [0.25, 0.3) is 10.9 Å². The fourth-order valence-corrected chi connectivity index (χ4v) is 1.10. The number of H-pyrrole nitrogens is 1. The lowest BCUT2D eigenvalue weighted by atomic mass is 10.2. The number of fused-ring (bicyclic) bond motifs is 1. The van der Waals surface area contributed by atoms with Crippen molar-refractivity contribution < 1.29 is 0 Å². The molecule has 2 rings (SSSR count). The van der Waals surface area contributed by atoms with Crippen molar-refractivity contribution in [1.82, 2.24) is 15.2 Å². The van der Waals surface area contributed by atoms with Gasteiger partial charge in [-0.1, -0.05) is 0 Å². The maximum Gasteiger partial charge on any atom is 0.0737 e. The maximum atomic E-state index is 5.49. The molecule has 0 amide bonds. The van der Waals surface area contributed by atoms with Crippen LogP contribution in [0.3, 0.4) is 0 Å². The first kappa shape index (κ1) is 6.30. The zero-order valence-electron chi connectivity index (χ0n) is 5.91. The smallest absolute Gasteiger partial charge is 0.0737 e. The Balaban J connectivity index is 2.76. The molecular weight excluding hydrogens is 140 g/mol. The van der Waals surface area contributed by atoms with Gasteiger partial charge in [0, 0.05) is 18.1 Å². The number of aromatic amines is 1. The molecule has 0 aliphatic rings. The van der Waals surface area contributed by atoms with Gasteiger partial charge in [-0.25, -0.2) is 0 Å². The average molecular weight is 148 g/mol. The minimum absolute atomic E-state index is 0.533. The topological polar surface area (TPSA) is 67.6 Å². The number of nitrogens with two attached hydrogens (primary N) is 1. The number of hydrogen-bond acceptors (Lipinski definition) is 3. The van der Waals surface area contributed by atoms with Crippen LogP contribution in [-0.2, 0) is 6.54 Å². The summed E-state index contributed by atoms with van der Waals surface area (Å²) in [5.74, 6) is 0. The van der Waals surface area contributed by atoms with E-state index in [0.29, 0.717) is 6.54 Å². The van der Waals surface area contributed by atoms with Crippen molar-refractivity contribution in [2.24, 2.45) is 5.73 Å². The average Bonchev–Trinajstić information content (AvgIpc) is 2.47. The van der Waals surface area contributed by atoms with E-state index in [1.807, 2.05) is 6.20 Å². The van der Waals surface area contributed by atoms with E-state index in [0.717, 1.165) is 16.5 Å². The molecule has 0 aliphatic carbocycles. The van der Waals surface area contributed by atoms with Crippen molar-refractivity contribution in [3.63, 3.8) is 0 Å². The molecule has 0 atom stereocenters. The van der Waals surface area contributed by atoms with Gasteiger partial charge in [-0.2, -0.15) is 10.2 Å². The highest BCUT2D eigenvalue weighted by atomic mass is 15.1. The Bertz CT molecular complexity index is 365. The second-order valence-electron chi connectivity index (χ2n) is 2.33. The van der Waals surface area contributed by atoms with Crippen LogP contribution in [0.2, 0.25) is 0 Å². The van der Waals surface area contributed by atoms with E-state index in [2.05, 4.69) is 15.2 Å². The lowest BCUT2D eigenvalue weighted by Gasteiger charge is -1.89. The second kappa shape index (κ2) is 2.32. The number of nitrogens with zero attached hydrogens (tertiary/aromatic N) is 2. The van der Waals surface area contributed by atoms with Crippen molar-refractivity contribution in [3.8, 4) is 0 Å². The van der Waals surface area contributed by atoms with E-state index < -0.39 is 0 Å². The van der Waals surface area contributed by atoms with Gasteiger partial charge in [0.1, 0.15) is 0 Å². The van der Waals surface area contributed by atoms with E-state index in [9.17, 15) is 0 Å². The van der Waals surface area contributed by atoms with Gasteiger partial charge in [-0.15, -0.1) is 0 Å². The molecule has 0 aromatic carbocycles. The van der Waals surface area contributed by atoms with E-state index in [-0.39, 0.29) is 0 Å². The third-order valence-electron chi connectivity index (χ3n) is 1.70. The highest BCUT2D eigenvalue weighted by Gasteiger charge is 1.99. The van der Waals surface area contributed by atoms with E-state index in [1.165, 1.54) is 0 Å². The van der Waals surface area contributed by atoms with Crippen LogP contribution in [0.4, 0.5) is 0 Å². The number of aromatic nitrogens is 3. The van der Waals surface area contributed by atoms with Gasteiger partial charge in [-0.05, 0) is 5.56 Å². The quantitative estimate of drug-likeness (QED) is 0.615. The normalized spacial score (nSPS) is 10.6. The number of hydrogen-bond donors (Lipinski definition) is 2. The molecule has 0 unspecified atom stereocenters. The molecule has 0 radical (unpaired) electrons. The van der Waals surface area contributed by atoms with Crippen molar-refractivity contribution in [2.45, 2.75) is 6.54 Å². The van der Waals surface area contributed by atoms with E-state index >= 15 is 0 Å².